The summed E-state index contributed by atoms with van der Waals surface area (Å²) in [6, 6.07) is 17.0. The van der Waals surface area contributed by atoms with Crippen LogP contribution in [0.25, 0.3) is 16.5 Å². The van der Waals surface area contributed by atoms with Crippen LogP contribution < -0.4 is 0 Å². The third-order valence-electron chi connectivity index (χ3n) is 7.26. The first-order valence-electron chi connectivity index (χ1n) is 13.3. The number of cyclic esters (lactones) is 1. The van der Waals surface area contributed by atoms with Crippen molar-refractivity contribution in [3.63, 3.8) is 0 Å². The first-order valence-corrected chi connectivity index (χ1v) is 13.3. The lowest BCUT2D eigenvalue weighted by molar-refractivity contribution is -0.143. The molecular weight excluding hydrogens is 510 g/mol. The third kappa shape index (κ3) is 5.90. The fourth-order valence-corrected chi connectivity index (χ4v) is 5.25. The molecule has 2 heterocycles. The molecule has 1 aliphatic heterocycles. The van der Waals surface area contributed by atoms with E-state index in [1.165, 1.54) is 12.1 Å². The number of aromatic nitrogens is 1. The van der Waals surface area contributed by atoms with Gasteiger partial charge < -0.3 is 14.2 Å². The molecule has 3 aromatic carbocycles. The molecule has 0 spiro atoms. The van der Waals surface area contributed by atoms with Crippen LogP contribution in [-0.2, 0) is 28.9 Å². The number of allylic oxidation sites excluding steroid dienone is 1. The predicted molar refractivity (Wildman–Crippen MR) is 151 cm³/mol. The average Bonchev–Trinajstić information content (AvgIpc) is 3.26. The van der Waals surface area contributed by atoms with Gasteiger partial charge in [-0.1, -0.05) is 43.0 Å². The monoisotopic (exact) mass is 540 g/mol. The van der Waals surface area contributed by atoms with Crippen molar-refractivity contribution >= 4 is 28.4 Å². The number of hydrogen-bond acceptors (Lipinski definition) is 3. The maximum absolute atomic E-state index is 13.9. The Kier molecular flexibility index (Phi) is 7.94. The van der Waals surface area contributed by atoms with Crippen molar-refractivity contribution in [2.24, 2.45) is 0 Å². The van der Waals surface area contributed by atoms with Gasteiger partial charge in [0.1, 0.15) is 18.2 Å². The second-order valence-corrected chi connectivity index (χ2v) is 10.1. The smallest absolute Gasteiger partial charge is 0.310 e. The second kappa shape index (κ2) is 11.7. The molecule has 0 saturated carbocycles. The van der Waals surface area contributed by atoms with E-state index in [4.69, 9.17) is 4.74 Å². The molecule has 0 atom stereocenters. The minimum absolute atomic E-state index is 0.110. The second-order valence-electron chi connectivity index (χ2n) is 10.1. The highest BCUT2D eigenvalue weighted by atomic mass is 19.1. The number of hydrogen-bond donors (Lipinski definition) is 0. The first kappa shape index (κ1) is 27.1. The number of nitrogens with zero attached hydrogens (tertiary/aromatic N) is 2. The van der Waals surface area contributed by atoms with Crippen molar-refractivity contribution in [2.75, 3.05) is 19.7 Å². The van der Waals surface area contributed by atoms with Crippen molar-refractivity contribution in [1.82, 2.24) is 9.47 Å². The molecule has 1 amide bonds. The fourth-order valence-electron chi connectivity index (χ4n) is 5.25. The van der Waals surface area contributed by atoms with Crippen molar-refractivity contribution in [1.29, 1.82) is 0 Å². The Morgan fingerprint density at radius 3 is 2.52 bits per heavy atom. The molecule has 0 unspecified atom stereocenters. The fraction of sp³-hybridized carbons (Fsp3) is 0.242. The van der Waals surface area contributed by atoms with E-state index < -0.39 is 11.6 Å². The van der Waals surface area contributed by atoms with Crippen LogP contribution in [0.2, 0.25) is 0 Å². The molecule has 0 radical (unpaired) electrons. The summed E-state index contributed by atoms with van der Waals surface area (Å²) >= 11 is 0. The van der Waals surface area contributed by atoms with Crippen LogP contribution in [0.3, 0.4) is 0 Å². The maximum Gasteiger partial charge on any atom is 0.310 e. The van der Waals surface area contributed by atoms with Crippen LogP contribution in [0, 0.1) is 18.6 Å². The van der Waals surface area contributed by atoms with E-state index in [0.29, 0.717) is 23.2 Å². The van der Waals surface area contributed by atoms with Gasteiger partial charge in [0, 0.05) is 35.3 Å². The molecule has 7 heteroatoms. The molecular formula is C33H30F2N2O3. The highest BCUT2D eigenvalue weighted by molar-refractivity contribution is 6.07. The lowest BCUT2D eigenvalue weighted by Gasteiger charge is -2.22. The quantitative estimate of drug-likeness (QED) is 0.227. The van der Waals surface area contributed by atoms with E-state index in [9.17, 15) is 18.4 Å². The Bertz CT molecular complexity index is 1630. The summed E-state index contributed by atoms with van der Waals surface area (Å²) < 4.78 is 35.2. The van der Waals surface area contributed by atoms with Crippen LogP contribution in [0.1, 0.15) is 39.0 Å². The number of halogens is 2. The Morgan fingerprint density at radius 1 is 1.02 bits per heavy atom. The molecule has 5 nitrogen and oxygen atoms in total. The SMILES string of the molecule is C=C=C(Cn1cc(C(=O)N2CCCc3ccccc3CC(=O)OCC2)c2ccc(C)cc21)c1cc(F)cc(F)c1. The molecule has 0 N–H and O–H groups in total. The third-order valence-corrected chi connectivity index (χ3v) is 7.26. The molecule has 0 saturated heterocycles. The number of carbonyl (C=O) groups is 2. The zero-order valence-electron chi connectivity index (χ0n) is 22.4. The summed E-state index contributed by atoms with van der Waals surface area (Å²) in [5, 5.41) is 0.765. The number of fused-ring (bicyclic) bond motifs is 2. The summed E-state index contributed by atoms with van der Waals surface area (Å²) in [5.74, 6) is -1.85. The van der Waals surface area contributed by atoms with E-state index in [0.717, 1.165) is 46.5 Å². The minimum atomic E-state index is -0.685. The molecule has 204 valence electrons. The normalized spacial score (nSPS) is 14.2. The van der Waals surface area contributed by atoms with Crippen molar-refractivity contribution in [3.8, 4) is 0 Å². The van der Waals surface area contributed by atoms with Crippen molar-refractivity contribution < 1.29 is 23.1 Å². The van der Waals surface area contributed by atoms with E-state index in [2.05, 4.69) is 12.3 Å². The van der Waals surface area contributed by atoms with Crippen molar-refractivity contribution in [2.45, 2.75) is 32.7 Å². The predicted octanol–water partition coefficient (Wildman–Crippen LogP) is 6.27. The molecule has 0 bridgehead atoms. The first-order chi connectivity index (χ1) is 19.3. The van der Waals surface area contributed by atoms with Gasteiger partial charge in [-0.2, -0.15) is 0 Å². The molecule has 5 rings (SSSR count). The standard InChI is InChI=1S/C33H30F2N2O3/c1-3-23(26-16-27(34)19-28(35)17-26)20-37-21-30(29-11-10-22(2)15-31(29)37)33(39)36-12-6-9-24-7-4-5-8-25(24)18-32(38)40-14-13-36/h4-5,7-8,10-11,15-17,19,21H,1,6,9,12-14,18,20H2,2H3. The van der Waals surface area contributed by atoms with Crippen LogP contribution >= 0.6 is 0 Å². The number of aryl methyl sites for hydroxylation is 2. The Hall–Kier alpha value is -4.48. The highest BCUT2D eigenvalue weighted by Gasteiger charge is 2.23. The van der Waals surface area contributed by atoms with Gasteiger partial charge in [-0.05, 0) is 60.2 Å². The van der Waals surface area contributed by atoms with Gasteiger partial charge in [0.15, 0.2) is 0 Å². The minimum Gasteiger partial charge on any atom is -0.464 e. The van der Waals surface area contributed by atoms with Gasteiger partial charge in [0.05, 0.1) is 25.1 Å². The molecule has 0 aliphatic carbocycles. The molecule has 0 fully saturated rings. The summed E-state index contributed by atoms with van der Waals surface area (Å²) in [5.41, 5.74) is 8.01. The van der Waals surface area contributed by atoms with Crippen molar-refractivity contribution in [3.05, 3.63) is 119 Å². The summed E-state index contributed by atoms with van der Waals surface area (Å²) in [6.45, 7) is 6.81. The molecule has 40 heavy (non-hydrogen) atoms. The average molecular weight is 541 g/mol. The lowest BCUT2D eigenvalue weighted by atomic mass is 10.0. The summed E-state index contributed by atoms with van der Waals surface area (Å²) in [7, 11) is 0. The van der Waals surface area contributed by atoms with E-state index in [1.54, 1.807) is 11.1 Å². The van der Waals surface area contributed by atoms with Crippen LogP contribution in [0.15, 0.2) is 79.2 Å². The number of carbonyl (C=O) groups excluding carboxylic acids is 2. The number of benzene rings is 3. The molecule has 1 aromatic heterocycles. The van der Waals surface area contributed by atoms with Gasteiger partial charge in [0.2, 0.25) is 0 Å². The lowest BCUT2D eigenvalue weighted by Crippen LogP contribution is -2.35. The van der Waals surface area contributed by atoms with Crippen LogP contribution in [0.4, 0.5) is 8.78 Å². The zero-order chi connectivity index (χ0) is 28.2. The van der Waals surface area contributed by atoms with Gasteiger partial charge in [-0.3, -0.25) is 9.59 Å². The van der Waals surface area contributed by atoms with Crippen LogP contribution in [0.5, 0.6) is 0 Å². The number of ether oxygens (including phenoxy) is 1. The van der Waals surface area contributed by atoms with Gasteiger partial charge in [-0.15, -0.1) is 5.73 Å². The molecule has 4 aromatic rings. The number of amides is 1. The Morgan fingerprint density at radius 2 is 1.77 bits per heavy atom. The van der Waals surface area contributed by atoms with Gasteiger partial charge in [-0.25, -0.2) is 8.78 Å². The van der Waals surface area contributed by atoms with Crippen LogP contribution in [-0.4, -0.2) is 41.0 Å². The maximum atomic E-state index is 13.9. The van der Waals surface area contributed by atoms with Gasteiger partial charge in [0.25, 0.3) is 5.91 Å². The zero-order valence-corrected chi connectivity index (χ0v) is 22.4. The molecule has 1 aliphatic rings. The summed E-state index contributed by atoms with van der Waals surface area (Å²) in [4.78, 5) is 28.1. The van der Waals surface area contributed by atoms with E-state index in [-0.39, 0.29) is 38.0 Å². The number of esters is 1. The Balaban J connectivity index is 1.46. The van der Waals surface area contributed by atoms with Gasteiger partial charge >= 0.3 is 5.97 Å². The number of rotatable bonds is 4. The van der Waals surface area contributed by atoms with E-state index >= 15 is 0 Å². The van der Waals surface area contributed by atoms with E-state index in [1.807, 2.05) is 54.0 Å². The largest absolute Gasteiger partial charge is 0.464 e. The highest BCUT2D eigenvalue weighted by Crippen LogP contribution is 2.28. The topological polar surface area (TPSA) is 51.5 Å². The Labute approximate surface area is 232 Å². The summed E-state index contributed by atoms with van der Waals surface area (Å²) in [6.07, 6.45) is 3.46.